The molecule has 10 heteroatoms. The van der Waals surface area contributed by atoms with Crippen LogP contribution in [0.2, 0.25) is 5.02 Å². The van der Waals surface area contributed by atoms with Crippen LogP contribution in [0.3, 0.4) is 0 Å². The van der Waals surface area contributed by atoms with E-state index >= 15 is 0 Å². The average molecular weight is 446 g/mol. The molecule has 164 valence electrons. The molecule has 1 amide bonds. The van der Waals surface area contributed by atoms with Crippen LogP contribution in [0, 0.1) is 0 Å². The third-order valence-corrected chi connectivity index (χ3v) is 5.82. The fourth-order valence-electron chi connectivity index (χ4n) is 3.78. The molecule has 1 aliphatic heterocycles. The number of hydrogen-bond acceptors (Lipinski definition) is 4. The van der Waals surface area contributed by atoms with Gasteiger partial charge in [0.05, 0.1) is 6.42 Å². The minimum atomic E-state index is -5.08. The lowest BCUT2D eigenvalue weighted by Crippen LogP contribution is -2.50. The molecule has 0 bridgehead atoms. The second-order valence-electron chi connectivity index (χ2n) is 7.58. The Morgan fingerprint density at radius 3 is 2.63 bits per heavy atom. The van der Waals surface area contributed by atoms with Gasteiger partial charge in [0, 0.05) is 49.6 Å². The first-order chi connectivity index (χ1) is 14.1. The van der Waals surface area contributed by atoms with Gasteiger partial charge in [-0.15, -0.1) is 0 Å². The van der Waals surface area contributed by atoms with Gasteiger partial charge in [0.15, 0.2) is 5.82 Å². The summed E-state index contributed by atoms with van der Waals surface area (Å²) in [6.45, 7) is 1.02. The quantitative estimate of drug-likeness (QED) is 0.716. The van der Waals surface area contributed by atoms with Crippen LogP contribution in [-0.4, -0.2) is 46.5 Å². The summed E-state index contributed by atoms with van der Waals surface area (Å²) in [6, 6.07) is 7.19. The minimum Gasteiger partial charge on any atom is -0.381 e. The standard InChI is InChI=1S/C20H23ClF3N3O3/c1-27-8-7-25-17(27)19(29,20(22,23)24)12-16(28)26-13-18(5-9-30-10-6-18)14-3-2-4-15(21)11-14/h2-4,7-8,11,29H,5-6,9-10,12-13H2,1H3,(H,26,28). The molecule has 3 rings (SSSR count). The summed E-state index contributed by atoms with van der Waals surface area (Å²) >= 11 is 6.11. The molecule has 0 aliphatic carbocycles. The maximum atomic E-state index is 13.7. The number of benzene rings is 1. The molecular formula is C20H23ClF3N3O3. The van der Waals surface area contributed by atoms with Crippen molar-refractivity contribution in [2.24, 2.45) is 7.05 Å². The molecular weight excluding hydrogens is 423 g/mol. The van der Waals surface area contributed by atoms with Gasteiger partial charge in [0.1, 0.15) is 0 Å². The zero-order valence-corrected chi connectivity index (χ0v) is 17.1. The lowest BCUT2D eigenvalue weighted by Gasteiger charge is -2.38. The van der Waals surface area contributed by atoms with E-state index in [-0.39, 0.29) is 6.54 Å². The fourth-order valence-corrected chi connectivity index (χ4v) is 3.97. The fraction of sp³-hybridized carbons (Fsp3) is 0.500. The first kappa shape index (κ1) is 22.6. The van der Waals surface area contributed by atoms with E-state index in [9.17, 15) is 23.1 Å². The predicted molar refractivity (Wildman–Crippen MR) is 104 cm³/mol. The van der Waals surface area contributed by atoms with E-state index in [1.165, 1.54) is 13.2 Å². The van der Waals surface area contributed by atoms with Crippen LogP contribution in [0.25, 0.3) is 0 Å². The summed E-state index contributed by atoms with van der Waals surface area (Å²) < 4.78 is 47.5. The molecule has 1 fully saturated rings. The molecule has 1 saturated heterocycles. The Kier molecular flexibility index (Phi) is 6.45. The van der Waals surface area contributed by atoms with Gasteiger partial charge < -0.3 is 19.7 Å². The molecule has 0 spiro atoms. The number of nitrogens with zero attached hydrogens (tertiary/aromatic N) is 2. The summed E-state index contributed by atoms with van der Waals surface area (Å²) in [5.74, 6) is -1.56. The number of imidazole rings is 1. The first-order valence-electron chi connectivity index (χ1n) is 9.45. The number of aliphatic hydroxyl groups is 1. The Bertz CT molecular complexity index is 897. The lowest BCUT2D eigenvalue weighted by molar-refractivity contribution is -0.271. The molecule has 1 aromatic heterocycles. The van der Waals surface area contributed by atoms with Crippen LogP contribution in [0.5, 0.6) is 0 Å². The van der Waals surface area contributed by atoms with E-state index < -0.39 is 35.3 Å². The van der Waals surface area contributed by atoms with Gasteiger partial charge in [-0.25, -0.2) is 4.98 Å². The third kappa shape index (κ3) is 4.48. The Morgan fingerprint density at radius 2 is 2.07 bits per heavy atom. The maximum absolute atomic E-state index is 13.7. The molecule has 2 aromatic rings. The number of nitrogens with one attached hydrogen (secondary N) is 1. The van der Waals surface area contributed by atoms with Crippen molar-refractivity contribution in [2.75, 3.05) is 19.8 Å². The summed E-state index contributed by atoms with van der Waals surface area (Å²) in [6.07, 6.45) is -2.69. The third-order valence-electron chi connectivity index (χ3n) is 5.59. The number of carbonyl (C=O) groups is 1. The van der Waals surface area contributed by atoms with Crippen LogP contribution >= 0.6 is 11.6 Å². The highest BCUT2D eigenvalue weighted by molar-refractivity contribution is 6.30. The molecule has 6 nitrogen and oxygen atoms in total. The number of rotatable bonds is 6. The maximum Gasteiger partial charge on any atom is 0.425 e. The van der Waals surface area contributed by atoms with E-state index in [2.05, 4.69) is 10.3 Å². The van der Waals surface area contributed by atoms with Crippen LogP contribution < -0.4 is 5.32 Å². The van der Waals surface area contributed by atoms with Crippen LogP contribution in [0.1, 0.15) is 30.7 Å². The number of aromatic nitrogens is 2. The average Bonchev–Trinajstić information content (AvgIpc) is 3.13. The van der Waals surface area contributed by atoms with Gasteiger partial charge in [-0.1, -0.05) is 23.7 Å². The molecule has 1 atom stereocenters. The SMILES string of the molecule is Cn1ccnc1C(O)(CC(=O)NCC1(c2cccc(Cl)c2)CCOCC1)C(F)(F)F. The molecule has 2 N–H and O–H groups in total. The van der Waals surface area contributed by atoms with Gasteiger partial charge in [0.2, 0.25) is 11.5 Å². The van der Waals surface area contributed by atoms with Crippen LogP contribution in [0.4, 0.5) is 13.2 Å². The summed E-state index contributed by atoms with van der Waals surface area (Å²) in [5.41, 5.74) is -3.03. The Balaban J connectivity index is 1.79. The normalized spacial score (nSPS) is 18.6. The van der Waals surface area contributed by atoms with E-state index in [1.54, 1.807) is 18.2 Å². The molecule has 1 aromatic carbocycles. The number of hydrogen-bond donors (Lipinski definition) is 2. The number of halogens is 4. The number of amides is 1. The highest BCUT2D eigenvalue weighted by Gasteiger charge is 2.58. The van der Waals surface area contributed by atoms with Crippen molar-refractivity contribution in [3.05, 3.63) is 53.1 Å². The Hall–Kier alpha value is -2.10. The van der Waals surface area contributed by atoms with Gasteiger partial charge >= 0.3 is 6.18 Å². The molecule has 2 heterocycles. The largest absolute Gasteiger partial charge is 0.425 e. The van der Waals surface area contributed by atoms with Crippen molar-refractivity contribution in [2.45, 2.75) is 36.5 Å². The zero-order chi connectivity index (χ0) is 22.0. The number of carbonyl (C=O) groups excluding carboxylic acids is 1. The van der Waals surface area contributed by atoms with Crippen molar-refractivity contribution in [3.63, 3.8) is 0 Å². The first-order valence-corrected chi connectivity index (χ1v) is 9.83. The number of aryl methyl sites for hydroxylation is 1. The topological polar surface area (TPSA) is 76.4 Å². The van der Waals surface area contributed by atoms with Gasteiger partial charge in [-0.05, 0) is 30.5 Å². The van der Waals surface area contributed by atoms with Gasteiger partial charge in [-0.2, -0.15) is 13.2 Å². The van der Waals surface area contributed by atoms with Crippen LogP contribution in [-0.2, 0) is 27.6 Å². The number of alkyl halides is 3. The predicted octanol–water partition coefficient (Wildman–Crippen LogP) is 3.08. The second kappa shape index (κ2) is 8.56. The van der Waals surface area contributed by atoms with Gasteiger partial charge in [-0.3, -0.25) is 4.79 Å². The Labute approximate surface area is 177 Å². The van der Waals surface area contributed by atoms with Crippen molar-refractivity contribution < 1.29 is 27.8 Å². The number of ether oxygens (including phenoxy) is 1. The lowest BCUT2D eigenvalue weighted by atomic mass is 9.74. The van der Waals surface area contributed by atoms with Crippen molar-refractivity contribution in [3.8, 4) is 0 Å². The molecule has 0 saturated carbocycles. The van der Waals surface area contributed by atoms with E-state index in [1.807, 2.05) is 6.07 Å². The van der Waals surface area contributed by atoms with E-state index in [0.717, 1.165) is 16.3 Å². The van der Waals surface area contributed by atoms with E-state index in [4.69, 9.17) is 16.3 Å². The minimum absolute atomic E-state index is 0.101. The molecule has 1 unspecified atom stereocenters. The molecule has 1 aliphatic rings. The Morgan fingerprint density at radius 1 is 1.37 bits per heavy atom. The molecule has 0 radical (unpaired) electrons. The highest BCUT2D eigenvalue weighted by atomic mass is 35.5. The van der Waals surface area contributed by atoms with Crippen molar-refractivity contribution in [1.29, 1.82) is 0 Å². The smallest absolute Gasteiger partial charge is 0.381 e. The second-order valence-corrected chi connectivity index (χ2v) is 8.01. The van der Waals surface area contributed by atoms with Crippen molar-refractivity contribution >= 4 is 17.5 Å². The van der Waals surface area contributed by atoms with Crippen LogP contribution in [0.15, 0.2) is 36.7 Å². The summed E-state index contributed by atoms with van der Waals surface area (Å²) in [5, 5.41) is 13.5. The summed E-state index contributed by atoms with van der Waals surface area (Å²) in [7, 11) is 1.33. The monoisotopic (exact) mass is 445 g/mol. The highest BCUT2D eigenvalue weighted by Crippen LogP contribution is 2.41. The summed E-state index contributed by atoms with van der Waals surface area (Å²) in [4.78, 5) is 16.1. The van der Waals surface area contributed by atoms with E-state index in [0.29, 0.717) is 31.1 Å². The zero-order valence-electron chi connectivity index (χ0n) is 16.4. The molecule has 30 heavy (non-hydrogen) atoms. The van der Waals surface area contributed by atoms with Gasteiger partial charge in [0.25, 0.3) is 0 Å². The van der Waals surface area contributed by atoms with Crippen molar-refractivity contribution in [1.82, 2.24) is 14.9 Å².